The number of carbonyl (C=O) groups is 1. The summed E-state index contributed by atoms with van der Waals surface area (Å²) in [5, 5.41) is 3.44. The van der Waals surface area contributed by atoms with Gasteiger partial charge in [0, 0.05) is 30.2 Å². The third kappa shape index (κ3) is 6.39. The van der Waals surface area contributed by atoms with Gasteiger partial charge in [-0.15, -0.1) is 0 Å². The SMILES string of the molecule is C=CC[N@@+]1(C)CC[C@@]2(c3cccc(OC)c3)C[C@H](NC(=O)CCCCCc3ccccc3)CCC2C1. The predicted molar refractivity (Wildman–Crippen MR) is 148 cm³/mol. The Morgan fingerprint density at radius 3 is 2.75 bits per heavy atom. The standard InChI is InChI=1S/C32H44N2O2/c1-4-21-34(2)22-20-32(27-15-11-16-30(23-27)36-3)24-29(19-18-28(32)25-34)33-31(35)17-10-6-9-14-26-12-7-5-8-13-26/h4-5,7-8,11-13,15-16,23,28-29H,1,6,9-10,14,17-22,24-25H2,2-3H3/p+1/t28?,29-,32+,34+/m1/s1. The molecule has 0 aromatic heterocycles. The second-order valence-corrected chi connectivity index (χ2v) is 11.4. The van der Waals surface area contributed by atoms with E-state index < -0.39 is 0 Å². The van der Waals surface area contributed by atoms with Crippen LogP contribution in [0.25, 0.3) is 0 Å². The number of hydrogen-bond acceptors (Lipinski definition) is 2. The van der Waals surface area contributed by atoms with E-state index in [0.29, 0.717) is 12.3 Å². The van der Waals surface area contributed by atoms with Crippen LogP contribution in [0.3, 0.4) is 0 Å². The molecule has 0 spiro atoms. The lowest BCUT2D eigenvalue weighted by Gasteiger charge is -2.55. The number of fused-ring (bicyclic) bond motifs is 1. The minimum absolute atomic E-state index is 0.0966. The molecule has 0 radical (unpaired) electrons. The minimum Gasteiger partial charge on any atom is -0.497 e. The monoisotopic (exact) mass is 489 g/mol. The Bertz CT molecular complexity index is 1010. The molecule has 2 aromatic rings. The van der Waals surface area contributed by atoms with Crippen molar-refractivity contribution in [3.63, 3.8) is 0 Å². The lowest BCUT2D eigenvalue weighted by molar-refractivity contribution is -0.914. The van der Waals surface area contributed by atoms with Crippen molar-refractivity contribution in [1.29, 1.82) is 0 Å². The normalized spacial score (nSPS) is 27.6. The van der Waals surface area contributed by atoms with Gasteiger partial charge in [0.05, 0.1) is 33.8 Å². The summed E-state index contributed by atoms with van der Waals surface area (Å²) in [4.78, 5) is 12.9. The van der Waals surface area contributed by atoms with Crippen LogP contribution in [-0.4, -0.2) is 50.2 Å². The van der Waals surface area contributed by atoms with E-state index in [1.54, 1.807) is 7.11 Å². The Hall–Kier alpha value is -2.59. The minimum atomic E-state index is 0.0966. The molecule has 2 aliphatic rings. The second kappa shape index (κ2) is 12.1. The molecular weight excluding hydrogens is 444 g/mol. The van der Waals surface area contributed by atoms with Gasteiger partial charge in [0.2, 0.25) is 5.91 Å². The summed E-state index contributed by atoms with van der Waals surface area (Å²) < 4.78 is 6.67. The third-order valence-corrected chi connectivity index (χ3v) is 8.81. The fourth-order valence-corrected chi connectivity index (χ4v) is 6.82. The molecule has 1 heterocycles. The van der Waals surface area contributed by atoms with Crippen molar-refractivity contribution in [2.24, 2.45) is 5.92 Å². The van der Waals surface area contributed by atoms with Crippen LogP contribution < -0.4 is 10.1 Å². The second-order valence-electron chi connectivity index (χ2n) is 11.4. The maximum absolute atomic E-state index is 12.9. The third-order valence-electron chi connectivity index (χ3n) is 8.81. The quantitative estimate of drug-likeness (QED) is 0.237. The van der Waals surface area contributed by atoms with E-state index in [2.05, 4.69) is 73.6 Å². The number of ether oxygens (including phenoxy) is 1. The number of nitrogens with one attached hydrogen (secondary N) is 1. The first-order valence-corrected chi connectivity index (χ1v) is 13.9. The van der Waals surface area contributed by atoms with E-state index in [0.717, 1.165) is 74.7 Å². The lowest BCUT2D eigenvalue weighted by atomic mass is 9.57. The first-order chi connectivity index (χ1) is 17.5. The molecular formula is C32H45N2O2+. The van der Waals surface area contributed by atoms with Gasteiger partial charge in [-0.2, -0.15) is 0 Å². The van der Waals surface area contributed by atoms with Gasteiger partial charge in [-0.1, -0.05) is 55.5 Å². The predicted octanol–water partition coefficient (Wildman–Crippen LogP) is 6.06. The van der Waals surface area contributed by atoms with Gasteiger partial charge in [-0.05, 0) is 67.9 Å². The molecule has 1 saturated carbocycles. The van der Waals surface area contributed by atoms with E-state index >= 15 is 0 Å². The van der Waals surface area contributed by atoms with Crippen LogP contribution in [0.5, 0.6) is 5.75 Å². The van der Waals surface area contributed by atoms with E-state index in [1.165, 1.54) is 17.7 Å². The average molecular weight is 490 g/mol. The summed E-state index contributed by atoms with van der Waals surface area (Å²) in [6.45, 7) is 7.35. The highest BCUT2D eigenvalue weighted by atomic mass is 16.5. The number of benzene rings is 2. The molecule has 1 unspecified atom stereocenters. The average Bonchev–Trinajstić information content (AvgIpc) is 2.89. The van der Waals surface area contributed by atoms with Crippen LogP contribution in [0, 0.1) is 5.92 Å². The Labute approximate surface area is 218 Å². The number of amides is 1. The van der Waals surface area contributed by atoms with Crippen LogP contribution in [0.15, 0.2) is 67.3 Å². The molecule has 194 valence electrons. The highest BCUT2D eigenvalue weighted by Crippen LogP contribution is 2.50. The molecule has 2 aromatic carbocycles. The molecule has 1 amide bonds. The smallest absolute Gasteiger partial charge is 0.220 e. The molecule has 2 fully saturated rings. The van der Waals surface area contributed by atoms with Gasteiger partial charge in [0.25, 0.3) is 0 Å². The summed E-state index contributed by atoms with van der Waals surface area (Å²) in [6, 6.07) is 19.6. The fraction of sp³-hybridized carbons (Fsp3) is 0.531. The van der Waals surface area contributed by atoms with Crippen molar-refractivity contribution >= 4 is 5.91 Å². The Morgan fingerprint density at radius 1 is 1.14 bits per heavy atom. The number of nitrogens with zero attached hydrogens (tertiary/aromatic N) is 1. The number of carbonyl (C=O) groups excluding carboxylic acids is 1. The van der Waals surface area contributed by atoms with Crippen molar-refractivity contribution in [2.75, 3.05) is 33.8 Å². The highest BCUT2D eigenvalue weighted by molar-refractivity contribution is 5.76. The zero-order chi connectivity index (χ0) is 25.4. The number of unbranched alkanes of at least 4 members (excludes halogenated alkanes) is 2. The molecule has 4 nitrogen and oxygen atoms in total. The van der Waals surface area contributed by atoms with Gasteiger partial charge in [-0.25, -0.2) is 0 Å². The Morgan fingerprint density at radius 2 is 1.97 bits per heavy atom. The summed E-state index contributed by atoms with van der Waals surface area (Å²) in [7, 11) is 4.12. The number of hydrogen-bond donors (Lipinski definition) is 1. The zero-order valence-corrected chi connectivity index (χ0v) is 22.4. The van der Waals surface area contributed by atoms with Gasteiger partial charge in [-0.3, -0.25) is 4.79 Å². The number of piperidine rings is 1. The van der Waals surface area contributed by atoms with Crippen LogP contribution in [0.1, 0.15) is 62.5 Å². The van der Waals surface area contributed by atoms with E-state index in [4.69, 9.17) is 4.74 Å². The summed E-state index contributed by atoms with van der Waals surface area (Å²) in [5.74, 6) is 1.76. The molecule has 4 rings (SSSR count). The van der Waals surface area contributed by atoms with Gasteiger partial charge in [0.1, 0.15) is 5.75 Å². The van der Waals surface area contributed by atoms with Crippen molar-refractivity contribution < 1.29 is 14.0 Å². The summed E-state index contributed by atoms with van der Waals surface area (Å²) in [6.07, 6.45) is 11.4. The van der Waals surface area contributed by atoms with Crippen molar-refractivity contribution in [2.45, 2.75) is 69.2 Å². The molecule has 1 saturated heterocycles. The van der Waals surface area contributed by atoms with E-state index in [-0.39, 0.29) is 17.4 Å². The molecule has 1 aliphatic carbocycles. The Kier molecular flexibility index (Phi) is 8.90. The van der Waals surface area contributed by atoms with Crippen molar-refractivity contribution in [1.82, 2.24) is 5.32 Å². The molecule has 0 bridgehead atoms. The van der Waals surface area contributed by atoms with E-state index in [1.807, 2.05) is 6.07 Å². The summed E-state index contributed by atoms with van der Waals surface area (Å²) >= 11 is 0. The van der Waals surface area contributed by atoms with E-state index in [9.17, 15) is 4.79 Å². The van der Waals surface area contributed by atoms with Crippen LogP contribution >= 0.6 is 0 Å². The maximum atomic E-state index is 12.9. The molecule has 4 atom stereocenters. The first-order valence-electron chi connectivity index (χ1n) is 13.9. The fourth-order valence-electron chi connectivity index (χ4n) is 6.82. The largest absolute Gasteiger partial charge is 0.497 e. The lowest BCUT2D eigenvalue weighted by Crippen LogP contribution is -2.62. The molecule has 4 heteroatoms. The van der Waals surface area contributed by atoms with Crippen LogP contribution in [-0.2, 0) is 16.6 Å². The highest BCUT2D eigenvalue weighted by Gasteiger charge is 2.52. The number of likely N-dealkylation sites (N-methyl/N-ethyl adjacent to an activating group) is 1. The van der Waals surface area contributed by atoms with Gasteiger partial charge >= 0.3 is 0 Å². The number of rotatable bonds is 11. The summed E-state index contributed by atoms with van der Waals surface area (Å²) in [5.41, 5.74) is 2.87. The Balaban J connectivity index is 1.36. The zero-order valence-electron chi connectivity index (χ0n) is 22.4. The number of aryl methyl sites for hydroxylation is 1. The topological polar surface area (TPSA) is 38.3 Å². The number of likely N-dealkylation sites (tertiary alicyclic amines) is 1. The number of quaternary nitrogens is 1. The molecule has 36 heavy (non-hydrogen) atoms. The van der Waals surface area contributed by atoms with Crippen molar-refractivity contribution in [3.8, 4) is 5.75 Å². The van der Waals surface area contributed by atoms with Gasteiger partial charge in [0.15, 0.2) is 0 Å². The first kappa shape index (κ1) is 26.5. The van der Waals surface area contributed by atoms with Crippen molar-refractivity contribution in [3.05, 3.63) is 78.4 Å². The van der Waals surface area contributed by atoms with Crippen LogP contribution in [0.2, 0.25) is 0 Å². The molecule has 1 N–H and O–H groups in total. The number of methoxy groups -OCH3 is 1. The molecule has 1 aliphatic heterocycles. The maximum Gasteiger partial charge on any atom is 0.220 e. The van der Waals surface area contributed by atoms with Crippen LogP contribution in [0.4, 0.5) is 0 Å². The van der Waals surface area contributed by atoms with Gasteiger partial charge < -0.3 is 14.5 Å².